The molecule has 0 bridgehead atoms. The highest BCUT2D eigenvalue weighted by molar-refractivity contribution is 6.30. The molecule has 2 aromatic carbocycles. The van der Waals surface area contributed by atoms with Crippen LogP contribution < -0.4 is 14.8 Å². The molecule has 0 saturated heterocycles. The summed E-state index contributed by atoms with van der Waals surface area (Å²) in [6.45, 7) is 2.32. The van der Waals surface area contributed by atoms with Crippen molar-refractivity contribution in [2.75, 3.05) is 13.7 Å². The Morgan fingerprint density at radius 3 is 2.46 bits per heavy atom. The minimum Gasteiger partial charge on any atom is -0.493 e. The van der Waals surface area contributed by atoms with E-state index in [1.807, 2.05) is 36.4 Å². The predicted octanol–water partition coefficient (Wildman–Crippen LogP) is 3.86. The topological polar surface area (TPSA) is 47.6 Å². The largest absolute Gasteiger partial charge is 0.493 e. The third-order valence-electron chi connectivity index (χ3n) is 3.60. The fourth-order valence-electron chi connectivity index (χ4n) is 2.26. The van der Waals surface area contributed by atoms with Gasteiger partial charge < -0.3 is 14.8 Å². The summed E-state index contributed by atoms with van der Waals surface area (Å²) in [6.07, 6.45) is 1.16. The van der Waals surface area contributed by atoms with E-state index in [-0.39, 0.29) is 5.91 Å². The van der Waals surface area contributed by atoms with E-state index in [1.54, 1.807) is 26.2 Å². The van der Waals surface area contributed by atoms with E-state index < -0.39 is 6.10 Å². The van der Waals surface area contributed by atoms with Crippen molar-refractivity contribution >= 4 is 17.5 Å². The molecule has 1 atom stereocenters. The number of para-hydroxylation sites is 2. The maximum absolute atomic E-state index is 12.1. The summed E-state index contributed by atoms with van der Waals surface area (Å²) >= 11 is 5.86. The van der Waals surface area contributed by atoms with Crippen LogP contribution in [0.1, 0.15) is 18.9 Å². The summed E-state index contributed by atoms with van der Waals surface area (Å²) in [7, 11) is 1.57. The Balaban J connectivity index is 1.74. The van der Waals surface area contributed by atoms with Crippen molar-refractivity contribution < 1.29 is 14.3 Å². The Kier molecular flexibility index (Phi) is 6.94. The highest BCUT2D eigenvalue weighted by Gasteiger charge is 2.15. The number of rotatable bonds is 8. The van der Waals surface area contributed by atoms with Gasteiger partial charge in [-0.1, -0.05) is 35.9 Å². The number of hydrogen-bond donors (Lipinski definition) is 1. The first-order valence-electron chi connectivity index (χ1n) is 7.92. The van der Waals surface area contributed by atoms with E-state index >= 15 is 0 Å². The standard InChI is InChI=1S/C19H22ClNO3/c1-14(24-18-8-4-3-7-17(18)23-2)19(22)21-13-5-6-15-9-11-16(20)12-10-15/h3-4,7-12,14H,5-6,13H2,1-2H3,(H,21,22)/t14-/m0/s1. The summed E-state index contributed by atoms with van der Waals surface area (Å²) in [5.41, 5.74) is 1.20. The second-order valence-electron chi connectivity index (χ2n) is 5.43. The predicted molar refractivity (Wildman–Crippen MR) is 95.9 cm³/mol. The number of benzene rings is 2. The van der Waals surface area contributed by atoms with Crippen molar-refractivity contribution in [3.05, 3.63) is 59.1 Å². The third kappa shape index (κ3) is 5.46. The number of nitrogens with one attached hydrogen (secondary N) is 1. The zero-order valence-electron chi connectivity index (χ0n) is 13.9. The van der Waals surface area contributed by atoms with Crippen LogP contribution in [0.5, 0.6) is 11.5 Å². The lowest BCUT2D eigenvalue weighted by Crippen LogP contribution is -2.37. The number of ether oxygens (including phenoxy) is 2. The summed E-state index contributed by atoms with van der Waals surface area (Å²) in [4.78, 5) is 12.1. The SMILES string of the molecule is COc1ccccc1O[C@@H](C)C(=O)NCCCc1ccc(Cl)cc1. The molecular formula is C19H22ClNO3. The molecule has 5 heteroatoms. The van der Waals surface area contributed by atoms with Gasteiger partial charge in [-0.3, -0.25) is 4.79 Å². The van der Waals surface area contributed by atoms with E-state index in [9.17, 15) is 4.79 Å². The van der Waals surface area contributed by atoms with Gasteiger partial charge in [-0.2, -0.15) is 0 Å². The lowest BCUT2D eigenvalue weighted by Gasteiger charge is -2.16. The van der Waals surface area contributed by atoms with Gasteiger partial charge in [0.15, 0.2) is 17.6 Å². The van der Waals surface area contributed by atoms with Crippen molar-refractivity contribution in [1.29, 1.82) is 0 Å². The zero-order chi connectivity index (χ0) is 17.4. The first kappa shape index (κ1) is 18.1. The molecule has 128 valence electrons. The number of amides is 1. The lowest BCUT2D eigenvalue weighted by molar-refractivity contribution is -0.127. The molecule has 0 fully saturated rings. The molecule has 4 nitrogen and oxygen atoms in total. The molecule has 0 spiro atoms. The third-order valence-corrected chi connectivity index (χ3v) is 3.85. The fraction of sp³-hybridized carbons (Fsp3) is 0.316. The van der Waals surface area contributed by atoms with Crippen molar-refractivity contribution in [3.63, 3.8) is 0 Å². The van der Waals surface area contributed by atoms with Gasteiger partial charge in [0.1, 0.15) is 0 Å². The van der Waals surface area contributed by atoms with Crippen molar-refractivity contribution in [2.24, 2.45) is 0 Å². The lowest BCUT2D eigenvalue weighted by atomic mass is 10.1. The summed E-state index contributed by atoms with van der Waals surface area (Å²) in [5, 5.41) is 3.62. The van der Waals surface area contributed by atoms with Gasteiger partial charge in [-0.25, -0.2) is 0 Å². The van der Waals surface area contributed by atoms with Gasteiger partial charge in [-0.15, -0.1) is 0 Å². The van der Waals surface area contributed by atoms with Crippen LogP contribution in [0.15, 0.2) is 48.5 Å². The first-order chi connectivity index (χ1) is 11.6. The fourth-order valence-corrected chi connectivity index (χ4v) is 2.39. The quantitative estimate of drug-likeness (QED) is 0.737. The van der Waals surface area contributed by atoms with E-state index in [0.29, 0.717) is 18.0 Å². The zero-order valence-corrected chi connectivity index (χ0v) is 14.7. The Hall–Kier alpha value is -2.20. The summed E-state index contributed by atoms with van der Waals surface area (Å²) < 4.78 is 10.9. The Morgan fingerprint density at radius 2 is 1.79 bits per heavy atom. The highest BCUT2D eigenvalue weighted by Crippen LogP contribution is 2.26. The van der Waals surface area contributed by atoms with Crippen LogP contribution >= 0.6 is 11.6 Å². The average molecular weight is 348 g/mol. The molecule has 2 rings (SSSR count). The Labute approximate surface area is 147 Å². The normalized spacial score (nSPS) is 11.6. The van der Waals surface area contributed by atoms with Crippen LogP contribution in [0.2, 0.25) is 5.02 Å². The molecule has 0 saturated carbocycles. The second-order valence-corrected chi connectivity index (χ2v) is 5.87. The van der Waals surface area contributed by atoms with Crippen LogP contribution in [-0.2, 0) is 11.2 Å². The Bertz CT molecular complexity index is 658. The van der Waals surface area contributed by atoms with Crippen molar-refractivity contribution in [3.8, 4) is 11.5 Å². The smallest absolute Gasteiger partial charge is 0.260 e. The summed E-state index contributed by atoms with van der Waals surface area (Å²) in [5.74, 6) is 1.03. The van der Waals surface area contributed by atoms with Crippen LogP contribution in [0.4, 0.5) is 0 Å². The van der Waals surface area contributed by atoms with Crippen LogP contribution in [-0.4, -0.2) is 25.7 Å². The monoisotopic (exact) mass is 347 g/mol. The van der Waals surface area contributed by atoms with Crippen molar-refractivity contribution in [2.45, 2.75) is 25.9 Å². The molecule has 0 radical (unpaired) electrons. The minimum absolute atomic E-state index is 0.142. The van der Waals surface area contributed by atoms with Gasteiger partial charge in [0.25, 0.3) is 5.91 Å². The molecule has 0 aromatic heterocycles. The van der Waals surface area contributed by atoms with Gasteiger partial charge in [-0.05, 0) is 49.6 Å². The highest BCUT2D eigenvalue weighted by atomic mass is 35.5. The van der Waals surface area contributed by atoms with E-state index in [0.717, 1.165) is 17.9 Å². The molecule has 1 N–H and O–H groups in total. The number of methoxy groups -OCH3 is 1. The summed E-state index contributed by atoms with van der Waals surface area (Å²) in [6, 6.07) is 15.0. The maximum atomic E-state index is 12.1. The van der Waals surface area contributed by atoms with E-state index in [2.05, 4.69) is 5.32 Å². The van der Waals surface area contributed by atoms with Gasteiger partial charge in [0.2, 0.25) is 0 Å². The van der Waals surface area contributed by atoms with Gasteiger partial charge >= 0.3 is 0 Å². The van der Waals surface area contributed by atoms with E-state index in [1.165, 1.54) is 5.56 Å². The van der Waals surface area contributed by atoms with E-state index in [4.69, 9.17) is 21.1 Å². The minimum atomic E-state index is -0.586. The molecule has 0 aliphatic heterocycles. The molecule has 0 aliphatic carbocycles. The maximum Gasteiger partial charge on any atom is 0.260 e. The number of aryl methyl sites for hydroxylation is 1. The molecule has 0 aliphatic rings. The molecular weight excluding hydrogens is 326 g/mol. The second kappa shape index (κ2) is 9.18. The van der Waals surface area contributed by atoms with Crippen molar-refractivity contribution in [1.82, 2.24) is 5.32 Å². The molecule has 0 heterocycles. The molecule has 1 amide bonds. The van der Waals surface area contributed by atoms with Crippen LogP contribution in [0, 0.1) is 0 Å². The molecule has 24 heavy (non-hydrogen) atoms. The molecule has 2 aromatic rings. The molecule has 0 unspecified atom stereocenters. The Morgan fingerprint density at radius 1 is 1.12 bits per heavy atom. The van der Waals surface area contributed by atoms with Crippen LogP contribution in [0.25, 0.3) is 0 Å². The number of hydrogen-bond acceptors (Lipinski definition) is 3. The van der Waals surface area contributed by atoms with Gasteiger partial charge in [0.05, 0.1) is 7.11 Å². The number of halogens is 1. The average Bonchev–Trinajstić information content (AvgIpc) is 2.60. The van der Waals surface area contributed by atoms with Crippen LogP contribution in [0.3, 0.4) is 0 Å². The van der Waals surface area contributed by atoms with Gasteiger partial charge in [0, 0.05) is 11.6 Å². The first-order valence-corrected chi connectivity index (χ1v) is 8.30. The number of carbonyl (C=O) groups is 1. The number of carbonyl (C=O) groups excluding carboxylic acids is 1.